The van der Waals surface area contributed by atoms with Gasteiger partial charge >= 0.3 is 0 Å². The van der Waals surface area contributed by atoms with Gasteiger partial charge in [0, 0.05) is 19.2 Å². The molecule has 0 aromatic heterocycles. The van der Waals surface area contributed by atoms with Crippen molar-refractivity contribution in [2.45, 2.75) is 12.8 Å². The summed E-state index contributed by atoms with van der Waals surface area (Å²) < 4.78 is 10.4. The number of aliphatic imine (C=N–C) groups is 1. The summed E-state index contributed by atoms with van der Waals surface area (Å²) >= 11 is 0. The molecule has 1 rings (SSSR count). The van der Waals surface area contributed by atoms with Crippen molar-refractivity contribution >= 4 is 17.9 Å². The lowest BCUT2D eigenvalue weighted by Crippen LogP contribution is -2.24. The summed E-state index contributed by atoms with van der Waals surface area (Å²) in [4.78, 5) is 15.6. The molecule has 7 heteroatoms. The molecule has 5 N–H and O–H groups in total. The average molecular weight is 320 g/mol. The molecule has 0 atom stereocenters. The first-order chi connectivity index (χ1) is 11.1. The number of hydrogen-bond donors (Lipinski definition) is 3. The maximum absolute atomic E-state index is 11.7. The van der Waals surface area contributed by atoms with Gasteiger partial charge in [0.05, 0.1) is 14.2 Å². The Hall–Kier alpha value is -2.70. The average Bonchev–Trinajstić information content (AvgIpc) is 2.55. The first-order valence-corrected chi connectivity index (χ1v) is 7.30. The third-order valence-electron chi connectivity index (χ3n) is 3.01. The second kappa shape index (κ2) is 10.1. The van der Waals surface area contributed by atoms with Gasteiger partial charge in [0.1, 0.15) is 0 Å². The first kappa shape index (κ1) is 18.3. The van der Waals surface area contributed by atoms with Crippen molar-refractivity contribution in [3.05, 3.63) is 29.8 Å². The molecular weight excluding hydrogens is 296 g/mol. The van der Waals surface area contributed by atoms with E-state index in [2.05, 4.69) is 10.3 Å². The van der Waals surface area contributed by atoms with Crippen LogP contribution in [0.4, 0.5) is 0 Å². The van der Waals surface area contributed by atoms with Crippen molar-refractivity contribution in [1.29, 1.82) is 0 Å². The second-order valence-electron chi connectivity index (χ2n) is 4.75. The zero-order valence-corrected chi connectivity index (χ0v) is 13.5. The van der Waals surface area contributed by atoms with Crippen molar-refractivity contribution < 1.29 is 14.3 Å². The van der Waals surface area contributed by atoms with E-state index in [1.54, 1.807) is 32.4 Å². The minimum atomic E-state index is -0.151. The summed E-state index contributed by atoms with van der Waals surface area (Å²) in [5.74, 6) is 1.21. The number of nitrogens with two attached hydrogens (primary N) is 2. The summed E-state index contributed by atoms with van der Waals surface area (Å²) in [6, 6.07) is 5.44. The van der Waals surface area contributed by atoms with Gasteiger partial charge in [-0.1, -0.05) is 6.07 Å². The molecule has 0 saturated carbocycles. The summed E-state index contributed by atoms with van der Waals surface area (Å²) in [7, 11) is 3.15. The van der Waals surface area contributed by atoms with Crippen LogP contribution in [-0.4, -0.2) is 39.2 Å². The van der Waals surface area contributed by atoms with Crippen LogP contribution in [0.3, 0.4) is 0 Å². The lowest BCUT2D eigenvalue weighted by molar-refractivity contribution is -0.116. The molecule has 0 saturated heterocycles. The van der Waals surface area contributed by atoms with Gasteiger partial charge in [0.2, 0.25) is 5.91 Å². The highest BCUT2D eigenvalue weighted by Gasteiger charge is 2.03. The van der Waals surface area contributed by atoms with E-state index in [0.717, 1.165) is 18.4 Å². The van der Waals surface area contributed by atoms with Crippen molar-refractivity contribution in [3.8, 4) is 11.5 Å². The van der Waals surface area contributed by atoms with Crippen LogP contribution in [0, 0.1) is 0 Å². The van der Waals surface area contributed by atoms with E-state index in [1.807, 2.05) is 6.07 Å². The topological polar surface area (TPSA) is 112 Å². The fourth-order valence-electron chi connectivity index (χ4n) is 1.84. The number of nitrogens with one attached hydrogen (secondary N) is 1. The number of nitrogens with zero attached hydrogens (tertiary/aromatic N) is 1. The minimum absolute atomic E-state index is 0.0897. The van der Waals surface area contributed by atoms with E-state index >= 15 is 0 Å². The van der Waals surface area contributed by atoms with Crippen molar-refractivity contribution in [2.24, 2.45) is 16.5 Å². The number of hydrogen-bond acceptors (Lipinski definition) is 4. The fraction of sp³-hybridized carbons (Fsp3) is 0.375. The van der Waals surface area contributed by atoms with Gasteiger partial charge in [-0.3, -0.25) is 9.79 Å². The molecule has 1 amide bonds. The molecule has 0 bridgehead atoms. The van der Waals surface area contributed by atoms with Crippen LogP contribution < -0.4 is 26.3 Å². The lowest BCUT2D eigenvalue weighted by Gasteiger charge is -2.07. The molecule has 23 heavy (non-hydrogen) atoms. The largest absolute Gasteiger partial charge is 0.493 e. The van der Waals surface area contributed by atoms with Crippen LogP contribution in [0.15, 0.2) is 29.3 Å². The van der Waals surface area contributed by atoms with Gasteiger partial charge in [-0.25, -0.2) is 0 Å². The number of benzene rings is 1. The zero-order chi connectivity index (χ0) is 17.1. The molecule has 0 fully saturated rings. The molecule has 0 aliphatic heterocycles. The molecule has 0 unspecified atom stereocenters. The number of carbonyl (C=O) groups is 1. The third-order valence-corrected chi connectivity index (χ3v) is 3.01. The smallest absolute Gasteiger partial charge is 0.243 e. The third kappa shape index (κ3) is 7.21. The molecule has 126 valence electrons. The van der Waals surface area contributed by atoms with E-state index in [0.29, 0.717) is 24.6 Å². The summed E-state index contributed by atoms with van der Waals surface area (Å²) in [5.41, 5.74) is 11.3. The molecule has 0 radical (unpaired) electrons. The molecule has 0 aliphatic rings. The van der Waals surface area contributed by atoms with Crippen LogP contribution >= 0.6 is 0 Å². The Balaban J connectivity index is 2.39. The molecule has 1 aromatic carbocycles. The van der Waals surface area contributed by atoms with Crippen molar-refractivity contribution in [3.63, 3.8) is 0 Å². The van der Waals surface area contributed by atoms with Crippen LogP contribution in [0.25, 0.3) is 6.08 Å². The zero-order valence-electron chi connectivity index (χ0n) is 13.5. The van der Waals surface area contributed by atoms with E-state index in [-0.39, 0.29) is 11.9 Å². The first-order valence-electron chi connectivity index (χ1n) is 7.30. The molecule has 1 aromatic rings. The maximum Gasteiger partial charge on any atom is 0.243 e. The minimum Gasteiger partial charge on any atom is -0.493 e. The van der Waals surface area contributed by atoms with Crippen molar-refractivity contribution in [2.75, 3.05) is 27.3 Å². The predicted molar refractivity (Wildman–Crippen MR) is 91.5 cm³/mol. The van der Waals surface area contributed by atoms with E-state index in [1.165, 1.54) is 6.08 Å². The Bertz CT molecular complexity index is 566. The highest BCUT2D eigenvalue weighted by atomic mass is 16.5. The molecular formula is C16H24N4O3. The maximum atomic E-state index is 11.7. The van der Waals surface area contributed by atoms with Crippen molar-refractivity contribution in [1.82, 2.24) is 5.32 Å². The van der Waals surface area contributed by atoms with Crippen LogP contribution in [0.5, 0.6) is 11.5 Å². The molecule has 0 aliphatic carbocycles. The number of carbonyl (C=O) groups excluding carboxylic acids is 1. The van der Waals surface area contributed by atoms with Gasteiger partial charge < -0.3 is 26.3 Å². The fourth-order valence-corrected chi connectivity index (χ4v) is 1.84. The van der Waals surface area contributed by atoms with E-state index in [4.69, 9.17) is 20.9 Å². The quantitative estimate of drug-likeness (QED) is 0.271. The number of unbranched alkanes of at least 4 members (excludes halogenated alkanes) is 1. The van der Waals surface area contributed by atoms with Crippen LogP contribution in [0.2, 0.25) is 0 Å². The van der Waals surface area contributed by atoms with Gasteiger partial charge in [-0.15, -0.1) is 0 Å². The normalized spacial score (nSPS) is 10.3. The number of rotatable bonds is 9. The highest BCUT2D eigenvalue weighted by Crippen LogP contribution is 2.27. The molecule has 0 heterocycles. The number of guanidine groups is 1. The summed E-state index contributed by atoms with van der Waals surface area (Å²) in [6.45, 7) is 1.15. The number of methoxy groups -OCH3 is 2. The Morgan fingerprint density at radius 2 is 1.96 bits per heavy atom. The highest BCUT2D eigenvalue weighted by molar-refractivity contribution is 5.91. The molecule has 7 nitrogen and oxygen atoms in total. The predicted octanol–water partition coefficient (Wildman–Crippen LogP) is 0.887. The lowest BCUT2D eigenvalue weighted by atomic mass is 10.2. The van der Waals surface area contributed by atoms with Gasteiger partial charge in [0.25, 0.3) is 0 Å². The summed E-state index contributed by atoms with van der Waals surface area (Å²) in [6.07, 6.45) is 4.83. The monoisotopic (exact) mass is 320 g/mol. The van der Waals surface area contributed by atoms with E-state index in [9.17, 15) is 4.79 Å². The Kier molecular flexibility index (Phi) is 8.06. The standard InChI is InChI=1S/C16H24N4O3/c1-22-13-7-5-12(11-14(13)23-2)6-8-15(21)19-9-3-4-10-20-16(17)18/h5-8,11H,3-4,9-10H2,1-2H3,(H,19,21)(H4,17,18,20). The SMILES string of the molecule is COc1ccc(C=CC(=O)NCCCCN=C(N)N)cc1OC. The Morgan fingerprint density at radius 1 is 1.22 bits per heavy atom. The van der Waals surface area contributed by atoms with Gasteiger partial charge in [-0.05, 0) is 36.6 Å². The Labute approximate surface area is 136 Å². The van der Waals surface area contributed by atoms with Gasteiger partial charge in [-0.2, -0.15) is 0 Å². The number of amides is 1. The second-order valence-corrected chi connectivity index (χ2v) is 4.75. The van der Waals surface area contributed by atoms with E-state index < -0.39 is 0 Å². The van der Waals surface area contributed by atoms with Crippen LogP contribution in [0.1, 0.15) is 18.4 Å². The Morgan fingerprint density at radius 3 is 2.61 bits per heavy atom. The summed E-state index contributed by atoms with van der Waals surface area (Å²) in [5, 5.41) is 2.80. The van der Waals surface area contributed by atoms with Crippen LogP contribution in [-0.2, 0) is 4.79 Å². The molecule has 0 spiro atoms. The van der Waals surface area contributed by atoms with Gasteiger partial charge in [0.15, 0.2) is 17.5 Å². The number of ether oxygens (including phenoxy) is 2.